The molecule has 0 saturated carbocycles. The van der Waals surface area contributed by atoms with Gasteiger partial charge in [-0.15, -0.1) is 0 Å². The molecule has 5 nitrogen and oxygen atoms in total. The number of amides is 3. The Morgan fingerprint density at radius 2 is 2.15 bits per heavy atom. The van der Waals surface area contributed by atoms with Crippen LogP contribution in [0.25, 0.3) is 0 Å². The number of carbonyl (C=O) groups is 2. The van der Waals surface area contributed by atoms with Gasteiger partial charge in [-0.2, -0.15) is 0 Å². The van der Waals surface area contributed by atoms with Crippen LogP contribution in [0, 0.1) is 0 Å². The van der Waals surface area contributed by atoms with Crippen molar-refractivity contribution in [3.63, 3.8) is 0 Å². The Kier molecular flexibility index (Phi) is 1.95. The summed E-state index contributed by atoms with van der Waals surface area (Å²) in [5.74, 6) is -0.0704. The molecule has 2 saturated heterocycles. The molecule has 3 amide bonds. The van der Waals surface area contributed by atoms with Gasteiger partial charge in [-0.1, -0.05) is 6.92 Å². The first-order valence-electron chi connectivity index (χ1n) is 4.58. The van der Waals surface area contributed by atoms with Crippen LogP contribution in [0.3, 0.4) is 0 Å². The number of nitrogens with one attached hydrogen (secondary N) is 2. The molecule has 72 valence electrons. The number of rotatable bonds is 2. The van der Waals surface area contributed by atoms with Crippen LogP contribution in [0.4, 0.5) is 4.79 Å². The minimum Gasteiger partial charge on any atom is -0.326 e. The lowest BCUT2D eigenvalue weighted by atomic mass is 10.1. The molecule has 5 heteroatoms. The van der Waals surface area contributed by atoms with Crippen LogP contribution >= 0.6 is 0 Å². The SMILES string of the molecule is CCC1NC(=O)N(C2CNC2)C1=O. The van der Waals surface area contributed by atoms with Gasteiger partial charge in [0.15, 0.2) is 0 Å². The van der Waals surface area contributed by atoms with Crippen molar-refractivity contribution >= 4 is 11.9 Å². The second-order valence-corrected chi connectivity index (χ2v) is 3.43. The van der Waals surface area contributed by atoms with Gasteiger partial charge in [-0.25, -0.2) is 4.79 Å². The molecular formula is C8H13N3O2. The zero-order valence-corrected chi connectivity index (χ0v) is 7.54. The van der Waals surface area contributed by atoms with Gasteiger partial charge in [0, 0.05) is 13.1 Å². The van der Waals surface area contributed by atoms with Gasteiger partial charge in [-0.3, -0.25) is 9.69 Å². The van der Waals surface area contributed by atoms with Crippen molar-refractivity contribution in [3.05, 3.63) is 0 Å². The van der Waals surface area contributed by atoms with E-state index in [2.05, 4.69) is 10.6 Å². The smallest absolute Gasteiger partial charge is 0.325 e. The van der Waals surface area contributed by atoms with E-state index < -0.39 is 0 Å². The van der Waals surface area contributed by atoms with Crippen LogP contribution in [-0.4, -0.2) is 42.0 Å². The second-order valence-electron chi connectivity index (χ2n) is 3.43. The van der Waals surface area contributed by atoms with Gasteiger partial charge >= 0.3 is 6.03 Å². The van der Waals surface area contributed by atoms with Crippen LogP contribution in [0.5, 0.6) is 0 Å². The van der Waals surface area contributed by atoms with E-state index in [0.29, 0.717) is 6.42 Å². The molecule has 2 fully saturated rings. The maximum Gasteiger partial charge on any atom is 0.325 e. The van der Waals surface area contributed by atoms with Crippen molar-refractivity contribution in [3.8, 4) is 0 Å². The normalized spacial score (nSPS) is 29.0. The number of nitrogens with zero attached hydrogens (tertiary/aromatic N) is 1. The van der Waals surface area contributed by atoms with Crippen molar-refractivity contribution in [2.75, 3.05) is 13.1 Å². The highest BCUT2D eigenvalue weighted by molar-refractivity contribution is 6.04. The summed E-state index contributed by atoms with van der Waals surface area (Å²) in [7, 11) is 0. The van der Waals surface area contributed by atoms with E-state index in [4.69, 9.17) is 0 Å². The van der Waals surface area contributed by atoms with Crippen LogP contribution in [-0.2, 0) is 4.79 Å². The van der Waals surface area contributed by atoms with E-state index in [1.807, 2.05) is 6.92 Å². The van der Waals surface area contributed by atoms with E-state index in [-0.39, 0.29) is 24.0 Å². The largest absolute Gasteiger partial charge is 0.326 e. The van der Waals surface area contributed by atoms with Gasteiger partial charge in [-0.05, 0) is 6.42 Å². The number of urea groups is 1. The van der Waals surface area contributed by atoms with E-state index in [9.17, 15) is 9.59 Å². The number of hydrogen-bond acceptors (Lipinski definition) is 3. The molecule has 2 rings (SSSR count). The summed E-state index contributed by atoms with van der Waals surface area (Å²) >= 11 is 0. The van der Waals surface area contributed by atoms with Crippen molar-refractivity contribution in [1.82, 2.24) is 15.5 Å². The van der Waals surface area contributed by atoms with Crippen molar-refractivity contribution in [2.45, 2.75) is 25.4 Å². The lowest BCUT2D eigenvalue weighted by Gasteiger charge is -2.33. The molecule has 2 N–H and O–H groups in total. The molecule has 0 spiro atoms. The number of hydrogen-bond donors (Lipinski definition) is 2. The first kappa shape index (κ1) is 8.50. The first-order chi connectivity index (χ1) is 6.24. The Hall–Kier alpha value is -1.10. The van der Waals surface area contributed by atoms with Gasteiger partial charge in [0.2, 0.25) is 0 Å². The number of imide groups is 1. The fourth-order valence-corrected chi connectivity index (χ4v) is 1.63. The summed E-state index contributed by atoms with van der Waals surface area (Å²) in [5.41, 5.74) is 0. The number of carbonyl (C=O) groups excluding carboxylic acids is 2. The molecule has 0 aromatic rings. The maximum atomic E-state index is 11.6. The molecule has 2 aliphatic heterocycles. The zero-order chi connectivity index (χ0) is 9.42. The van der Waals surface area contributed by atoms with Crippen molar-refractivity contribution in [2.24, 2.45) is 0 Å². The summed E-state index contributed by atoms with van der Waals surface area (Å²) in [6, 6.07) is -0.458. The van der Waals surface area contributed by atoms with E-state index in [1.165, 1.54) is 4.90 Å². The van der Waals surface area contributed by atoms with E-state index >= 15 is 0 Å². The van der Waals surface area contributed by atoms with Gasteiger partial charge in [0.05, 0.1) is 6.04 Å². The Balaban J connectivity index is 2.09. The highest BCUT2D eigenvalue weighted by Crippen LogP contribution is 2.14. The standard InChI is InChI=1S/C8H13N3O2/c1-2-6-7(12)11(8(13)10-6)5-3-9-4-5/h5-6,9H,2-4H2,1H3,(H,10,13). The fraction of sp³-hybridized carbons (Fsp3) is 0.750. The molecule has 0 bridgehead atoms. The summed E-state index contributed by atoms with van der Waals surface area (Å²) in [5, 5.41) is 5.70. The fourth-order valence-electron chi connectivity index (χ4n) is 1.63. The Morgan fingerprint density at radius 1 is 1.46 bits per heavy atom. The molecule has 1 unspecified atom stereocenters. The lowest BCUT2D eigenvalue weighted by Crippen LogP contribution is -2.59. The maximum absolute atomic E-state index is 11.6. The predicted molar refractivity (Wildman–Crippen MR) is 46.1 cm³/mol. The highest BCUT2D eigenvalue weighted by atomic mass is 16.2. The van der Waals surface area contributed by atoms with E-state index in [0.717, 1.165) is 13.1 Å². The van der Waals surface area contributed by atoms with Gasteiger partial charge in [0.25, 0.3) is 5.91 Å². The van der Waals surface area contributed by atoms with Gasteiger partial charge in [0.1, 0.15) is 6.04 Å². The summed E-state index contributed by atoms with van der Waals surface area (Å²) in [6.45, 7) is 3.36. The average molecular weight is 183 g/mol. The van der Waals surface area contributed by atoms with E-state index in [1.54, 1.807) is 0 Å². The predicted octanol–water partition coefficient (Wildman–Crippen LogP) is -0.711. The zero-order valence-electron chi connectivity index (χ0n) is 7.54. The quantitative estimate of drug-likeness (QED) is 0.556. The minimum absolute atomic E-state index is 0.0704. The summed E-state index contributed by atoms with van der Waals surface area (Å²) < 4.78 is 0. The molecule has 2 aliphatic rings. The van der Waals surface area contributed by atoms with Crippen molar-refractivity contribution in [1.29, 1.82) is 0 Å². The van der Waals surface area contributed by atoms with Crippen LogP contribution in [0.15, 0.2) is 0 Å². The third-order valence-corrected chi connectivity index (χ3v) is 2.59. The molecule has 1 atom stereocenters. The molecule has 2 heterocycles. The van der Waals surface area contributed by atoms with Crippen LogP contribution < -0.4 is 10.6 Å². The monoisotopic (exact) mass is 183 g/mol. The highest BCUT2D eigenvalue weighted by Gasteiger charge is 2.42. The van der Waals surface area contributed by atoms with Crippen molar-refractivity contribution < 1.29 is 9.59 Å². The molecule has 0 radical (unpaired) electrons. The molecule has 13 heavy (non-hydrogen) atoms. The lowest BCUT2D eigenvalue weighted by molar-refractivity contribution is -0.129. The third kappa shape index (κ3) is 1.19. The molecule has 0 aromatic carbocycles. The third-order valence-electron chi connectivity index (χ3n) is 2.59. The average Bonchev–Trinajstić information content (AvgIpc) is 2.29. The minimum atomic E-state index is -0.298. The van der Waals surface area contributed by atoms with Crippen LogP contribution in [0.1, 0.15) is 13.3 Å². The second kappa shape index (κ2) is 2.99. The Bertz CT molecular complexity index is 250. The topological polar surface area (TPSA) is 61.4 Å². The summed E-state index contributed by atoms with van der Waals surface area (Å²) in [6.07, 6.45) is 0.668. The molecule has 0 aromatic heterocycles. The van der Waals surface area contributed by atoms with Gasteiger partial charge < -0.3 is 10.6 Å². The molecular weight excluding hydrogens is 170 g/mol. The Morgan fingerprint density at radius 3 is 2.54 bits per heavy atom. The first-order valence-corrected chi connectivity index (χ1v) is 4.58. The molecule has 0 aliphatic carbocycles. The van der Waals surface area contributed by atoms with Crippen LogP contribution in [0.2, 0.25) is 0 Å². The Labute approximate surface area is 76.5 Å². The summed E-state index contributed by atoms with van der Waals surface area (Å²) in [4.78, 5) is 24.3.